The second kappa shape index (κ2) is 9.35. The van der Waals surface area contributed by atoms with Crippen molar-refractivity contribution in [3.63, 3.8) is 0 Å². The fourth-order valence-corrected chi connectivity index (χ4v) is 7.05. The van der Waals surface area contributed by atoms with Gasteiger partial charge in [0.25, 0.3) is 0 Å². The van der Waals surface area contributed by atoms with Crippen LogP contribution in [0.2, 0.25) is 0 Å². The highest BCUT2D eigenvalue weighted by molar-refractivity contribution is 6.18. The van der Waals surface area contributed by atoms with Crippen LogP contribution < -0.4 is 0 Å². The van der Waals surface area contributed by atoms with Crippen molar-refractivity contribution in [1.29, 1.82) is 0 Å². The van der Waals surface area contributed by atoms with E-state index in [0.717, 1.165) is 55.6 Å². The summed E-state index contributed by atoms with van der Waals surface area (Å²) in [5, 5.41) is 8.32. The van der Waals surface area contributed by atoms with Crippen molar-refractivity contribution in [2.75, 3.05) is 0 Å². The van der Waals surface area contributed by atoms with E-state index in [9.17, 15) is 0 Å². The molecule has 0 aliphatic heterocycles. The molecule has 208 valence electrons. The monoisotopic (exact) mass is 564 g/mol. The van der Waals surface area contributed by atoms with Gasteiger partial charge in [-0.15, -0.1) is 0 Å². The Hall–Kier alpha value is -5.80. The van der Waals surface area contributed by atoms with E-state index < -0.39 is 0 Å². The first kappa shape index (κ1) is 24.8. The van der Waals surface area contributed by atoms with Crippen LogP contribution in [0.4, 0.5) is 0 Å². The third-order valence-corrected chi connectivity index (χ3v) is 8.96. The summed E-state index contributed by atoms with van der Waals surface area (Å²) >= 11 is 0. The molecule has 44 heavy (non-hydrogen) atoms. The summed E-state index contributed by atoms with van der Waals surface area (Å²) in [7, 11) is 0. The highest BCUT2D eigenvalue weighted by atomic mass is 16.3. The van der Waals surface area contributed by atoms with Crippen molar-refractivity contribution < 1.29 is 4.42 Å². The second-order valence-corrected chi connectivity index (χ2v) is 11.4. The first-order chi connectivity index (χ1) is 21.7. The van der Waals surface area contributed by atoms with Crippen molar-refractivity contribution in [3.05, 3.63) is 145 Å². The molecule has 3 heterocycles. The Labute approximate surface area is 254 Å². The molecule has 0 saturated heterocycles. The summed E-state index contributed by atoms with van der Waals surface area (Å²) in [5.41, 5.74) is 9.80. The van der Waals surface area contributed by atoms with Crippen LogP contribution in [0, 0.1) is 0 Å². The van der Waals surface area contributed by atoms with Crippen molar-refractivity contribution in [2.45, 2.75) is 6.92 Å². The number of nitrogens with zero attached hydrogens (tertiary/aromatic N) is 2. The third kappa shape index (κ3) is 3.44. The molecule has 0 N–H and O–H groups in total. The Morgan fingerprint density at radius 3 is 2.02 bits per heavy atom. The number of hydrogen-bond donors (Lipinski definition) is 0. The van der Waals surface area contributed by atoms with Crippen LogP contribution in [0.1, 0.15) is 18.2 Å². The SMILES string of the molecule is C=Cc1c(/C=C\C)n(-c2ccccc2)c2cc3c4cc5ccccc5cc4n(-c4ccc5oc6ccccc6c5c4)c3cc12. The van der Waals surface area contributed by atoms with E-state index in [-0.39, 0.29) is 0 Å². The fraction of sp³-hybridized carbons (Fsp3) is 0.0244. The van der Waals surface area contributed by atoms with Gasteiger partial charge in [0, 0.05) is 43.9 Å². The molecule has 0 amide bonds. The average molecular weight is 565 g/mol. The smallest absolute Gasteiger partial charge is 0.135 e. The molecule has 0 saturated carbocycles. The van der Waals surface area contributed by atoms with E-state index in [2.05, 4.69) is 144 Å². The number of aromatic nitrogens is 2. The van der Waals surface area contributed by atoms with Gasteiger partial charge in [0.1, 0.15) is 11.2 Å². The first-order valence-electron chi connectivity index (χ1n) is 15.0. The molecule has 3 heteroatoms. The highest BCUT2D eigenvalue weighted by Crippen LogP contribution is 2.41. The summed E-state index contributed by atoms with van der Waals surface area (Å²) in [5.74, 6) is 0. The van der Waals surface area contributed by atoms with Gasteiger partial charge in [-0.1, -0.05) is 79.4 Å². The zero-order valence-corrected chi connectivity index (χ0v) is 24.3. The number of allylic oxidation sites excluding steroid dienone is 1. The quantitative estimate of drug-likeness (QED) is 0.208. The number of para-hydroxylation sites is 2. The van der Waals surface area contributed by atoms with E-state index in [0.29, 0.717) is 0 Å². The number of hydrogen-bond acceptors (Lipinski definition) is 1. The summed E-state index contributed by atoms with van der Waals surface area (Å²) < 4.78 is 11.0. The van der Waals surface area contributed by atoms with Crippen LogP contribution in [0.25, 0.3) is 88.9 Å². The lowest BCUT2D eigenvalue weighted by Crippen LogP contribution is -1.96. The predicted molar refractivity (Wildman–Crippen MR) is 187 cm³/mol. The van der Waals surface area contributed by atoms with E-state index in [1.165, 1.54) is 32.4 Å². The van der Waals surface area contributed by atoms with Crippen molar-refractivity contribution in [2.24, 2.45) is 0 Å². The lowest BCUT2D eigenvalue weighted by molar-refractivity contribution is 0.669. The van der Waals surface area contributed by atoms with Gasteiger partial charge in [0.15, 0.2) is 0 Å². The van der Waals surface area contributed by atoms with Crippen LogP contribution in [0.5, 0.6) is 0 Å². The average Bonchev–Trinajstić information content (AvgIpc) is 3.69. The van der Waals surface area contributed by atoms with Gasteiger partial charge >= 0.3 is 0 Å². The maximum atomic E-state index is 6.20. The molecule has 0 radical (unpaired) electrons. The molecule has 0 spiro atoms. The number of furan rings is 1. The van der Waals surface area contributed by atoms with E-state index in [4.69, 9.17) is 4.42 Å². The Morgan fingerprint density at radius 1 is 0.545 bits per heavy atom. The summed E-state index contributed by atoms with van der Waals surface area (Å²) in [6.45, 7) is 6.33. The van der Waals surface area contributed by atoms with Gasteiger partial charge in [0.2, 0.25) is 0 Å². The molecule has 9 aromatic rings. The summed E-state index contributed by atoms with van der Waals surface area (Å²) in [6, 6.07) is 43.5. The van der Waals surface area contributed by atoms with Crippen LogP contribution in [-0.2, 0) is 0 Å². The normalized spacial score (nSPS) is 12.2. The Bertz CT molecular complexity index is 2630. The van der Waals surface area contributed by atoms with Crippen molar-refractivity contribution >= 4 is 77.6 Å². The van der Waals surface area contributed by atoms with E-state index in [1.54, 1.807) is 0 Å². The Balaban J connectivity index is 1.46. The zero-order valence-electron chi connectivity index (χ0n) is 24.3. The Kier molecular flexibility index (Phi) is 5.26. The van der Waals surface area contributed by atoms with Gasteiger partial charge in [-0.25, -0.2) is 0 Å². The number of rotatable bonds is 4. The molecule has 3 aromatic heterocycles. The highest BCUT2D eigenvalue weighted by Gasteiger charge is 2.21. The van der Waals surface area contributed by atoms with Gasteiger partial charge in [-0.3, -0.25) is 0 Å². The summed E-state index contributed by atoms with van der Waals surface area (Å²) in [4.78, 5) is 0. The third-order valence-electron chi connectivity index (χ3n) is 8.96. The molecule has 9 rings (SSSR count). The predicted octanol–water partition coefficient (Wildman–Crippen LogP) is 11.5. The molecule has 0 aliphatic carbocycles. The standard InChI is InChI=1S/C41H28N2O/c1-3-12-36-30(4-2)33-24-39-34(25-38(33)42(36)28-15-6-5-7-16-28)32-21-26-13-8-9-14-27(26)22-37(32)43(39)29-19-20-41-35(23-29)31-17-10-11-18-40(31)44-41/h3-25H,2H2,1H3/b12-3-. The number of fused-ring (bicyclic) bond motifs is 8. The fourth-order valence-electron chi connectivity index (χ4n) is 7.05. The first-order valence-corrected chi connectivity index (χ1v) is 15.0. The lowest BCUT2D eigenvalue weighted by atomic mass is 10.0. The minimum atomic E-state index is 0.897. The minimum absolute atomic E-state index is 0.897. The molecular weight excluding hydrogens is 536 g/mol. The Morgan fingerprint density at radius 2 is 1.20 bits per heavy atom. The van der Waals surface area contributed by atoms with Gasteiger partial charge in [-0.2, -0.15) is 0 Å². The minimum Gasteiger partial charge on any atom is -0.456 e. The van der Waals surface area contributed by atoms with Gasteiger partial charge in [0.05, 0.1) is 22.2 Å². The summed E-state index contributed by atoms with van der Waals surface area (Å²) in [6.07, 6.45) is 6.28. The van der Waals surface area contributed by atoms with Crippen molar-refractivity contribution in [1.82, 2.24) is 9.13 Å². The molecule has 0 bridgehead atoms. The largest absolute Gasteiger partial charge is 0.456 e. The van der Waals surface area contributed by atoms with Crippen LogP contribution in [0.15, 0.2) is 138 Å². The van der Waals surface area contributed by atoms with E-state index in [1.807, 2.05) is 18.2 Å². The topological polar surface area (TPSA) is 23.0 Å². The van der Waals surface area contributed by atoms with Crippen molar-refractivity contribution in [3.8, 4) is 11.4 Å². The van der Waals surface area contributed by atoms with Crippen LogP contribution in [0.3, 0.4) is 0 Å². The molecule has 0 aliphatic rings. The molecule has 0 atom stereocenters. The van der Waals surface area contributed by atoms with Gasteiger partial charge < -0.3 is 13.6 Å². The van der Waals surface area contributed by atoms with Crippen LogP contribution in [-0.4, -0.2) is 9.13 Å². The molecular formula is C41H28N2O. The second-order valence-electron chi connectivity index (χ2n) is 11.4. The molecule has 3 nitrogen and oxygen atoms in total. The maximum Gasteiger partial charge on any atom is 0.135 e. The molecule has 0 unspecified atom stereocenters. The lowest BCUT2D eigenvalue weighted by Gasteiger charge is -2.10. The molecule has 0 fully saturated rings. The van der Waals surface area contributed by atoms with E-state index >= 15 is 0 Å². The number of benzene rings is 6. The maximum absolute atomic E-state index is 6.20. The zero-order chi connectivity index (χ0) is 29.4. The molecule has 6 aromatic carbocycles. The van der Waals surface area contributed by atoms with Crippen LogP contribution >= 0.6 is 0 Å². The van der Waals surface area contributed by atoms with Gasteiger partial charge in [-0.05, 0) is 84.4 Å².